The summed E-state index contributed by atoms with van der Waals surface area (Å²) in [4.78, 5) is 5.08. The van der Waals surface area contributed by atoms with Gasteiger partial charge in [-0.05, 0) is 89.3 Å². The van der Waals surface area contributed by atoms with Crippen molar-refractivity contribution in [1.29, 1.82) is 0 Å². The second-order valence-electron chi connectivity index (χ2n) is 8.59. The molecule has 1 aliphatic carbocycles. The van der Waals surface area contributed by atoms with Gasteiger partial charge in [0.05, 0.1) is 0 Å². The standard InChI is InChI=1S/C24H36N2O2S/c1-4-26(5-2)22-9-14-25(15-10-22)18-21-17-20(16-19(3)23(21)28-29)8-13-24(27)11-6-7-12-24/h16-17,22,27,29H,4-7,9-12,14-15,18H2,1-3H3. The van der Waals surface area contributed by atoms with Crippen molar-refractivity contribution in [2.75, 3.05) is 26.2 Å². The highest BCUT2D eigenvalue weighted by molar-refractivity contribution is 7.75. The molecule has 0 radical (unpaired) electrons. The zero-order chi connectivity index (χ0) is 20.9. The third-order valence-corrected chi connectivity index (χ3v) is 6.78. The van der Waals surface area contributed by atoms with Gasteiger partial charge in [-0.2, -0.15) is 0 Å². The van der Waals surface area contributed by atoms with Crippen molar-refractivity contribution in [3.63, 3.8) is 0 Å². The Bertz CT molecular complexity index is 737. The van der Waals surface area contributed by atoms with Gasteiger partial charge in [0.25, 0.3) is 0 Å². The molecule has 3 rings (SSSR count). The molecule has 2 aliphatic rings. The van der Waals surface area contributed by atoms with Crippen LogP contribution in [0, 0.1) is 18.8 Å². The molecule has 2 fully saturated rings. The maximum Gasteiger partial charge on any atom is 0.144 e. The molecule has 0 spiro atoms. The molecular weight excluding hydrogens is 380 g/mol. The summed E-state index contributed by atoms with van der Waals surface area (Å²) in [5.74, 6) is 7.19. The molecule has 5 heteroatoms. The molecule has 4 nitrogen and oxygen atoms in total. The first-order valence-corrected chi connectivity index (χ1v) is 11.5. The second kappa shape index (κ2) is 10.2. The van der Waals surface area contributed by atoms with E-state index in [4.69, 9.17) is 4.18 Å². The van der Waals surface area contributed by atoms with E-state index in [9.17, 15) is 5.11 Å². The van der Waals surface area contributed by atoms with Crippen molar-refractivity contribution >= 4 is 12.9 Å². The van der Waals surface area contributed by atoms with E-state index >= 15 is 0 Å². The Morgan fingerprint density at radius 1 is 1.21 bits per heavy atom. The lowest BCUT2D eigenvalue weighted by Crippen LogP contribution is -2.44. The Hall–Kier alpha value is -1.19. The van der Waals surface area contributed by atoms with Crippen LogP contribution in [0.4, 0.5) is 0 Å². The SMILES string of the molecule is CCN(CC)C1CCN(Cc2cc(C#CC3(O)CCCC3)cc(C)c2OS)CC1. The van der Waals surface area contributed by atoms with Crippen molar-refractivity contribution in [2.45, 2.75) is 77.5 Å². The van der Waals surface area contributed by atoms with Gasteiger partial charge < -0.3 is 14.2 Å². The molecule has 1 aromatic rings. The van der Waals surface area contributed by atoms with E-state index in [0.717, 1.165) is 80.8 Å². The van der Waals surface area contributed by atoms with Crippen molar-refractivity contribution in [3.8, 4) is 17.6 Å². The lowest BCUT2D eigenvalue weighted by atomic mass is 9.99. The number of aliphatic hydroxyl groups is 1. The highest BCUT2D eigenvalue weighted by Crippen LogP contribution is 2.31. The van der Waals surface area contributed by atoms with Gasteiger partial charge in [-0.25, -0.2) is 0 Å². The molecule has 1 N–H and O–H groups in total. The molecule has 0 atom stereocenters. The predicted octanol–water partition coefficient (Wildman–Crippen LogP) is 4.18. The first-order chi connectivity index (χ1) is 14.0. The highest BCUT2D eigenvalue weighted by atomic mass is 32.1. The summed E-state index contributed by atoms with van der Waals surface area (Å²) in [6.45, 7) is 11.9. The van der Waals surface area contributed by atoms with Gasteiger partial charge in [0.15, 0.2) is 0 Å². The number of hydrogen-bond acceptors (Lipinski definition) is 5. The van der Waals surface area contributed by atoms with Crippen molar-refractivity contribution in [1.82, 2.24) is 9.80 Å². The van der Waals surface area contributed by atoms with E-state index in [0.29, 0.717) is 6.04 Å². The monoisotopic (exact) mass is 416 g/mol. The topological polar surface area (TPSA) is 35.9 Å². The summed E-state index contributed by atoms with van der Waals surface area (Å²) in [5.41, 5.74) is 2.31. The van der Waals surface area contributed by atoms with Crippen LogP contribution in [0.1, 0.15) is 69.1 Å². The third-order valence-electron chi connectivity index (χ3n) is 6.59. The Kier molecular flexibility index (Phi) is 7.92. The van der Waals surface area contributed by atoms with Gasteiger partial charge in [-0.3, -0.25) is 4.90 Å². The van der Waals surface area contributed by atoms with Gasteiger partial charge in [-0.15, -0.1) is 0 Å². The van der Waals surface area contributed by atoms with Crippen molar-refractivity contribution < 1.29 is 9.29 Å². The summed E-state index contributed by atoms with van der Waals surface area (Å²) in [7, 11) is 0. The fourth-order valence-corrected chi connectivity index (χ4v) is 5.13. The predicted molar refractivity (Wildman–Crippen MR) is 122 cm³/mol. The van der Waals surface area contributed by atoms with E-state index in [1.54, 1.807) is 0 Å². The second-order valence-corrected chi connectivity index (χ2v) is 8.77. The smallest absolute Gasteiger partial charge is 0.144 e. The number of likely N-dealkylation sites (tertiary alicyclic amines) is 1. The number of benzene rings is 1. The van der Waals surface area contributed by atoms with Gasteiger partial charge in [0, 0.05) is 36.6 Å². The molecular formula is C24H36N2O2S. The van der Waals surface area contributed by atoms with Gasteiger partial charge in [-0.1, -0.05) is 25.7 Å². The summed E-state index contributed by atoms with van der Waals surface area (Å²) < 4.78 is 5.43. The number of rotatable bonds is 6. The van der Waals surface area contributed by atoms with Crippen molar-refractivity contribution in [3.05, 3.63) is 28.8 Å². The minimum absolute atomic E-state index is 0.702. The first kappa shape index (κ1) is 22.5. The Morgan fingerprint density at radius 2 is 1.86 bits per heavy atom. The molecule has 160 valence electrons. The summed E-state index contributed by atoms with van der Waals surface area (Å²) in [6.07, 6.45) is 6.11. The molecule has 1 aromatic carbocycles. The largest absolute Gasteiger partial charge is 0.428 e. The molecule has 1 saturated heterocycles. The average Bonchev–Trinajstić information content (AvgIpc) is 3.15. The normalized spacial score (nSPS) is 19.9. The fraction of sp³-hybridized carbons (Fsp3) is 0.667. The highest BCUT2D eigenvalue weighted by Gasteiger charge is 2.28. The van der Waals surface area contributed by atoms with Crippen LogP contribution in [-0.4, -0.2) is 52.7 Å². The van der Waals surface area contributed by atoms with E-state index in [1.165, 1.54) is 12.8 Å². The van der Waals surface area contributed by atoms with Crippen LogP contribution in [0.3, 0.4) is 0 Å². The van der Waals surface area contributed by atoms with Crippen LogP contribution in [0.15, 0.2) is 12.1 Å². The van der Waals surface area contributed by atoms with Crippen LogP contribution in [0.2, 0.25) is 0 Å². The van der Waals surface area contributed by atoms with Gasteiger partial charge in [0.2, 0.25) is 0 Å². The van der Waals surface area contributed by atoms with Gasteiger partial charge in [0.1, 0.15) is 11.4 Å². The zero-order valence-electron chi connectivity index (χ0n) is 18.2. The van der Waals surface area contributed by atoms with Gasteiger partial charge >= 0.3 is 0 Å². The van der Waals surface area contributed by atoms with Crippen LogP contribution >= 0.6 is 12.9 Å². The zero-order valence-corrected chi connectivity index (χ0v) is 19.1. The number of piperidine rings is 1. The number of nitrogens with zero attached hydrogens (tertiary/aromatic N) is 2. The molecule has 1 aliphatic heterocycles. The molecule has 1 saturated carbocycles. The lowest BCUT2D eigenvalue weighted by Gasteiger charge is -2.37. The number of aryl methyl sites for hydroxylation is 1. The van der Waals surface area contributed by atoms with E-state index < -0.39 is 5.60 Å². The minimum Gasteiger partial charge on any atom is -0.428 e. The van der Waals surface area contributed by atoms with Crippen LogP contribution in [0.25, 0.3) is 0 Å². The Labute approximate surface area is 182 Å². The Balaban J connectivity index is 1.72. The first-order valence-electron chi connectivity index (χ1n) is 11.1. The molecule has 29 heavy (non-hydrogen) atoms. The molecule has 0 amide bonds. The maximum atomic E-state index is 10.5. The summed E-state index contributed by atoms with van der Waals surface area (Å²) in [6, 6.07) is 4.85. The maximum absolute atomic E-state index is 10.5. The summed E-state index contributed by atoms with van der Waals surface area (Å²) in [5, 5.41) is 10.5. The fourth-order valence-electron chi connectivity index (χ4n) is 4.86. The van der Waals surface area contributed by atoms with E-state index in [-0.39, 0.29) is 0 Å². The Morgan fingerprint density at radius 3 is 2.45 bits per heavy atom. The third kappa shape index (κ3) is 5.70. The lowest BCUT2D eigenvalue weighted by molar-refractivity contribution is 0.110. The quantitative estimate of drug-likeness (QED) is 0.414. The van der Waals surface area contributed by atoms with Crippen LogP contribution in [0.5, 0.6) is 5.75 Å². The molecule has 0 bridgehead atoms. The summed E-state index contributed by atoms with van der Waals surface area (Å²) >= 11 is 4.10. The molecule has 0 aromatic heterocycles. The number of thiol groups is 1. The van der Waals surface area contributed by atoms with Crippen LogP contribution in [-0.2, 0) is 6.54 Å². The minimum atomic E-state index is -0.806. The average molecular weight is 417 g/mol. The van der Waals surface area contributed by atoms with E-state index in [1.807, 2.05) is 13.0 Å². The van der Waals surface area contributed by atoms with Crippen LogP contribution < -0.4 is 4.18 Å². The number of hydrogen-bond donors (Lipinski definition) is 2. The van der Waals surface area contributed by atoms with Crippen molar-refractivity contribution in [2.24, 2.45) is 0 Å². The molecule has 0 unspecified atom stereocenters. The van der Waals surface area contributed by atoms with E-state index in [2.05, 4.69) is 54.5 Å². The molecule has 1 heterocycles.